The van der Waals surface area contributed by atoms with Crippen molar-refractivity contribution in [2.24, 2.45) is 0 Å². The first-order valence-corrected chi connectivity index (χ1v) is 8.51. The number of nitrogen functional groups attached to an aromatic ring is 1. The number of nitrogens with zero attached hydrogens (tertiary/aromatic N) is 1. The molecule has 2 aromatic carbocycles. The summed E-state index contributed by atoms with van der Waals surface area (Å²) >= 11 is 6.33. The molecule has 0 aliphatic heterocycles. The van der Waals surface area contributed by atoms with Crippen molar-refractivity contribution in [2.45, 2.75) is 14.4 Å². The van der Waals surface area contributed by atoms with Crippen LogP contribution in [0, 0.1) is 6.57 Å². The van der Waals surface area contributed by atoms with E-state index in [0.717, 1.165) is 0 Å². The zero-order chi connectivity index (χ0) is 19.0. The first-order valence-electron chi connectivity index (χ1n) is 6.92. The summed E-state index contributed by atoms with van der Waals surface area (Å²) in [6.45, 7) is 8.85. The Hall–Kier alpha value is -2.37. The van der Waals surface area contributed by atoms with E-state index in [1.165, 1.54) is 18.2 Å². The minimum atomic E-state index is -0.993. The lowest BCUT2D eigenvalue weighted by atomic mass is 10.2. The van der Waals surface area contributed by atoms with E-state index in [4.69, 9.17) is 22.1 Å². The summed E-state index contributed by atoms with van der Waals surface area (Å²) in [7, 11) is 0. The van der Waals surface area contributed by atoms with Crippen LogP contribution >= 0.6 is 31.9 Å². The molecule has 0 spiro atoms. The highest BCUT2D eigenvalue weighted by atomic mass is 79.9. The van der Waals surface area contributed by atoms with Crippen LogP contribution in [-0.2, 0) is 4.74 Å². The van der Waals surface area contributed by atoms with Gasteiger partial charge in [-0.1, -0.05) is 35.5 Å². The maximum Gasteiger partial charge on any atom is 0.338 e. The van der Waals surface area contributed by atoms with Gasteiger partial charge in [-0.3, -0.25) is 0 Å². The fourth-order valence-corrected chi connectivity index (χ4v) is 2.45. The van der Waals surface area contributed by atoms with Crippen molar-refractivity contribution in [3.8, 4) is 0 Å². The van der Waals surface area contributed by atoms with Crippen molar-refractivity contribution in [1.82, 2.24) is 0 Å². The third kappa shape index (κ3) is 6.86. The monoisotopic (exact) mass is 484 g/mol. The lowest BCUT2D eigenvalue weighted by molar-refractivity contribution is 0.0525. The standard InChI is InChI=1S/C9H10BrNO2.C8H4BrNO2.CH4/c1-2-13-9(12)6-3-4-8(11)7(10)5-6;1-10-7-3-2-5(8(11)12)4-6(7)9;/h3-5H,2,11H2,1H3;2-4H,(H,11,12);1H4. The average molecular weight is 486 g/mol. The van der Waals surface area contributed by atoms with Crippen LogP contribution in [0.5, 0.6) is 0 Å². The lowest BCUT2D eigenvalue weighted by Gasteiger charge is -2.03. The number of carbonyl (C=O) groups is 2. The molecule has 138 valence electrons. The van der Waals surface area contributed by atoms with Crippen molar-refractivity contribution in [2.75, 3.05) is 12.3 Å². The number of hydrogen-bond acceptors (Lipinski definition) is 4. The molecule has 0 atom stereocenters. The van der Waals surface area contributed by atoms with Crippen LogP contribution in [-0.4, -0.2) is 23.7 Å². The topological polar surface area (TPSA) is 94.0 Å². The van der Waals surface area contributed by atoms with Gasteiger partial charge in [-0.15, -0.1) is 0 Å². The summed E-state index contributed by atoms with van der Waals surface area (Å²) in [4.78, 5) is 24.9. The number of rotatable bonds is 3. The van der Waals surface area contributed by atoms with Gasteiger partial charge in [0, 0.05) is 14.6 Å². The van der Waals surface area contributed by atoms with Gasteiger partial charge in [-0.2, -0.15) is 0 Å². The predicted octanol–water partition coefficient (Wildman–Crippen LogP) is 5.54. The first kappa shape index (κ1) is 23.6. The molecule has 0 aromatic heterocycles. The summed E-state index contributed by atoms with van der Waals surface area (Å²) in [5, 5.41) is 8.57. The second-order valence-corrected chi connectivity index (χ2v) is 6.25. The molecule has 2 aromatic rings. The largest absolute Gasteiger partial charge is 0.478 e. The Kier molecular flexibility index (Phi) is 10.3. The number of ether oxygens (including phenoxy) is 1. The van der Waals surface area contributed by atoms with Gasteiger partial charge in [-0.05, 0) is 47.1 Å². The normalized spacial score (nSPS) is 9.00. The molecule has 0 saturated heterocycles. The van der Waals surface area contributed by atoms with E-state index in [1.54, 1.807) is 25.1 Å². The zero-order valence-electron chi connectivity index (χ0n) is 13.1. The van der Waals surface area contributed by atoms with Crippen LogP contribution in [0.25, 0.3) is 4.85 Å². The highest BCUT2D eigenvalue weighted by molar-refractivity contribution is 9.11. The molecule has 2 rings (SSSR count). The highest BCUT2D eigenvalue weighted by Crippen LogP contribution is 2.26. The molecule has 8 heteroatoms. The molecule has 0 heterocycles. The average Bonchev–Trinajstić information content (AvgIpc) is 2.58. The van der Waals surface area contributed by atoms with Crippen LogP contribution in [0.2, 0.25) is 0 Å². The Bertz CT molecular complexity index is 832. The Balaban J connectivity index is 0.000000464. The van der Waals surface area contributed by atoms with E-state index in [0.29, 0.717) is 32.5 Å². The molecule has 6 nitrogen and oxygen atoms in total. The molecular weight excluding hydrogens is 468 g/mol. The summed E-state index contributed by atoms with van der Waals surface area (Å²) in [6.07, 6.45) is 0. The van der Waals surface area contributed by atoms with E-state index in [9.17, 15) is 9.59 Å². The number of anilines is 1. The SMILES string of the molecule is C.CCOC(=O)c1ccc(N)c(Br)c1.[C-]#[N+]c1ccc(C(=O)O)cc1Br. The van der Waals surface area contributed by atoms with Gasteiger partial charge in [0.05, 0.1) is 24.3 Å². The highest BCUT2D eigenvalue weighted by Gasteiger charge is 2.07. The Labute approximate surface area is 169 Å². The zero-order valence-corrected chi connectivity index (χ0v) is 16.3. The van der Waals surface area contributed by atoms with Gasteiger partial charge in [-0.25, -0.2) is 14.4 Å². The number of nitrogens with two attached hydrogens (primary N) is 1. The van der Waals surface area contributed by atoms with Crippen LogP contribution in [0.3, 0.4) is 0 Å². The number of carboxylic acids is 1. The number of esters is 1. The van der Waals surface area contributed by atoms with Gasteiger partial charge in [0.2, 0.25) is 5.69 Å². The number of halogens is 2. The molecule has 0 aliphatic rings. The van der Waals surface area contributed by atoms with Crippen LogP contribution in [0.15, 0.2) is 45.3 Å². The fourth-order valence-electron chi connectivity index (χ4n) is 1.60. The Morgan fingerprint density at radius 3 is 2.19 bits per heavy atom. The molecule has 26 heavy (non-hydrogen) atoms. The molecule has 0 amide bonds. The van der Waals surface area contributed by atoms with Gasteiger partial charge in [0.15, 0.2) is 0 Å². The molecular formula is C18H18Br2N2O4. The van der Waals surface area contributed by atoms with E-state index in [1.807, 2.05) is 0 Å². The maximum atomic E-state index is 11.2. The van der Waals surface area contributed by atoms with E-state index in [2.05, 4.69) is 36.7 Å². The summed E-state index contributed by atoms with van der Waals surface area (Å²) in [5.74, 6) is -1.32. The van der Waals surface area contributed by atoms with E-state index in [-0.39, 0.29) is 19.0 Å². The van der Waals surface area contributed by atoms with Gasteiger partial charge >= 0.3 is 11.9 Å². The van der Waals surface area contributed by atoms with Crippen molar-refractivity contribution < 1.29 is 19.4 Å². The van der Waals surface area contributed by atoms with Gasteiger partial charge in [0.25, 0.3) is 0 Å². The predicted molar refractivity (Wildman–Crippen MR) is 109 cm³/mol. The number of carboxylic acid groups (broad SMARTS) is 1. The van der Waals surface area contributed by atoms with Crippen LogP contribution < -0.4 is 5.73 Å². The molecule has 3 N–H and O–H groups in total. The summed E-state index contributed by atoms with van der Waals surface area (Å²) in [5.41, 5.74) is 7.26. The van der Waals surface area contributed by atoms with E-state index >= 15 is 0 Å². The number of aromatic carboxylic acids is 1. The molecule has 0 radical (unpaired) electrons. The van der Waals surface area contributed by atoms with Gasteiger partial charge < -0.3 is 15.6 Å². The van der Waals surface area contributed by atoms with Crippen molar-refractivity contribution in [3.05, 3.63) is 67.9 Å². The Morgan fingerprint density at radius 2 is 1.73 bits per heavy atom. The summed E-state index contributed by atoms with van der Waals surface area (Å²) < 4.78 is 6.04. The minimum Gasteiger partial charge on any atom is -0.478 e. The third-order valence-corrected chi connectivity index (χ3v) is 4.15. The second kappa shape index (κ2) is 11.3. The number of benzene rings is 2. The third-order valence-electron chi connectivity index (χ3n) is 2.83. The van der Waals surface area contributed by atoms with Crippen molar-refractivity contribution in [3.63, 3.8) is 0 Å². The van der Waals surface area contributed by atoms with Crippen molar-refractivity contribution >= 4 is 55.2 Å². The number of carbonyl (C=O) groups excluding carboxylic acids is 1. The second-order valence-electron chi connectivity index (χ2n) is 4.54. The molecule has 0 saturated carbocycles. The molecule has 0 aliphatic carbocycles. The first-order chi connectivity index (χ1) is 11.8. The van der Waals surface area contributed by atoms with Gasteiger partial charge in [0.1, 0.15) is 0 Å². The molecule has 0 bridgehead atoms. The van der Waals surface area contributed by atoms with Crippen molar-refractivity contribution in [1.29, 1.82) is 0 Å². The Morgan fingerprint density at radius 1 is 1.15 bits per heavy atom. The lowest BCUT2D eigenvalue weighted by Crippen LogP contribution is -2.04. The minimum absolute atomic E-state index is 0. The van der Waals surface area contributed by atoms with Crippen LogP contribution in [0.4, 0.5) is 11.4 Å². The number of hydrogen-bond donors (Lipinski definition) is 2. The van der Waals surface area contributed by atoms with Crippen LogP contribution in [0.1, 0.15) is 35.1 Å². The molecule has 0 unspecified atom stereocenters. The maximum absolute atomic E-state index is 11.2. The summed E-state index contributed by atoms with van der Waals surface area (Å²) in [6, 6.07) is 9.23. The smallest absolute Gasteiger partial charge is 0.338 e. The quantitative estimate of drug-likeness (QED) is 0.338. The molecule has 0 fully saturated rings. The van der Waals surface area contributed by atoms with E-state index < -0.39 is 5.97 Å². The fraction of sp³-hybridized carbons (Fsp3) is 0.167.